The molecule has 6 heteroatoms. The first-order chi connectivity index (χ1) is 14.1. The van der Waals surface area contributed by atoms with Gasteiger partial charge in [-0.05, 0) is 66.8 Å². The maximum Gasteiger partial charge on any atom is 0.289 e. The molecule has 0 radical (unpaired) electrons. The summed E-state index contributed by atoms with van der Waals surface area (Å²) in [5, 5.41) is 2.68. The first-order valence-electron chi connectivity index (χ1n) is 9.76. The van der Waals surface area contributed by atoms with Crippen LogP contribution in [0.5, 0.6) is 5.75 Å². The van der Waals surface area contributed by atoms with Gasteiger partial charge in [0.1, 0.15) is 11.3 Å². The van der Waals surface area contributed by atoms with Gasteiger partial charge in [0, 0.05) is 40.6 Å². The standard InChI is InChI=1S/C23H21ClN2O3/c1-28-17-3-4-20-18(12-17)19(13-25-20)14-6-8-26(9-7-14)23(27)22-11-15-10-16(24)2-5-21(15)29-22/h2-5,10-14,25H,6-9H2,1H3. The van der Waals surface area contributed by atoms with Crippen LogP contribution in [0.15, 0.2) is 53.1 Å². The molecule has 148 valence electrons. The zero-order valence-electron chi connectivity index (χ0n) is 16.1. The first-order valence-corrected chi connectivity index (χ1v) is 10.1. The number of carbonyl (C=O) groups excluding carboxylic acids is 1. The number of benzene rings is 2. The molecule has 5 rings (SSSR count). The molecule has 1 saturated heterocycles. The minimum Gasteiger partial charge on any atom is -0.497 e. The highest BCUT2D eigenvalue weighted by atomic mass is 35.5. The molecule has 0 atom stereocenters. The highest BCUT2D eigenvalue weighted by molar-refractivity contribution is 6.31. The van der Waals surface area contributed by atoms with Crippen LogP contribution in [0.2, 0.25) is 5.02 Å². The van der Waals surface area contributed by atoms with E-state index >= 15 is 0 Å². The minimum absolute atomic E-state index is 0.0589. The van der Waals surface area contributed by atoms with Gasteiger partial charge in [-0.1, -0.05) is 11.6 Å². The molecule has 1 N–H and O–H groups in total. The van der Waals surface area contributed by atoms with Crippen LogP contribution < -0.4 is 4.74 Å². The van der Waals surface area contributed by atoms with Crippen molar-refractivity contribution in [1.82, 2.24) is 9.88 Å². The number of methoxy groups -OCH3 is 1. The molecule has 2 aromatic heterocycles. The highest BCUT2D eigenvalue weighted by Crippen LogP contribution is 2.35. The van der Waals surface area contributed by atoms with Gasteiger partial charge in [-0.2, -0.15) is 0 Å². The zero-order chi connectivity index (χ0) is 20.0. The second-order valence-electron chi connectivity index (χ2n) is 7.51. The number of aromatic nitrogens is 1. The topological polar surface area (TPSA) is 58.5 Å². The van der Waals surface area contributed by atoms with Crippen molar-refractivity contribution in [2.75, 3.05) is 20.2 Å². The van der Waals surface area contributed by atoms with E-state index in [1.54, 1.807) is 25.3 Å². The molecule has 4 aromatic rings. The smallest absolute Gasteiger partial charge is 0.289 e. The molecular weight excluding hydrogens is 388 g/mol. The Morgan fingerprint density at radius 3 is 2.79 bits per heavy atom. The van der Waals surface area contributed by atoms with E-state index in [-0.39, 0.29) is 5.91 Å². The Hall–Kier alpha value is -2.92. The first kappa shape index (κ1) is 18.1. The summed E-state index contributed by atoms with van der Waals surface area (Å²) in [4.78, 5) is 18.2. The van der Waals surface area contributed by atoms with E-state index in [0.717, 1.165) is 29.5 Å². The summed E-state index contributed by atoms with van der Waals surface area (Å²) in [6, 6.07) is 13.2. The molecule has 29 heavy (non-hydrogen) atoms. The van der Waals surface area contributed by atoms with Crippen molar-refractivity contribution in [2.45, 2.75) is 18.8 Å². The molecule has 0 saturated carbocycles. The van der Waals surface area contributed by atoms with Crippen LogP contribution in [0.3, 0.4) is 0 Å². The lowest BCUT2D eigenvalue weighted by atomic mass is 9.89. The third kappa shape index (κ3) is 3.25. The summed E-state index contributed by atoms with van der Waals surface area (Å²) >= 11 is 6.03. The van der Waals surface area contributed by atoms with E-state index in [2.05, 4.69) is 17.2 Å². The SMILES string of the molecule is COc1ccc2[nH]cc(C3CCN(C(=O)c4cc5cc(Cl)ccc5o4)CC3)c2c1. The van der Waals surface area contributed by atoms with Crippen molar-refractivity contribution in [2.24, 2.45) is 0 Å². The molecule has 2 aromatic carbocycles. The number of furan rings is 1. The number of hydrogen-bond acceptors (Lipinski definition) is 3. The van der Waals surface area contributed by atoms with E-state index < -0.39 is 0 Å². The molecule has 3 heterocycles. The molecule has 1 fully saturated rings. The normalized spacial score (nSPS) is 15.3. The molecule has 5 nitrogen and oxygen atoms in total. The van der Waals surface area contributed by atoms with E-state index in [9.17, 15) is 4.79 Å². The van der Waals surface area contributed by atoms with Crippen molar-refractivity contribution >= 4 is 39.4 Å². The predicted octanol–water partition coefficient (Wildman–Crippen LogP) is 5.60. The molecule has 0 bridgehead atoms. The molecule has 0 spiro atoms. The van der Waals surface area contributed by atoms with E-state index in [1.807, 2.05) is 23.1 Å². The molecule has 1 aliphatic rings. The molecule has 1 amide bonds. The second-order valence-corrected chi connectivity index (χ2v) is 7.95. The number of piperidine rings is 1. The zero-order valence-corrected chi connectivity index (χ0v) is 16.8. The van der Waals surface area contributed by atoms with Crippen molar-refractivity contribution in [3.05, 3.63) is 65.0 Å². The van der Waals surface area contributed by atoms with Gasteiger partial charge in [0.15, 0.2) is 5.76 Å². The van der Waals surface area contributed by atoms with Gasteiger partial charge in [0.25, 0.3) is 5.91 Å². The van der Waals surface area contributed by atoms with Gasteiger partial charge in [-0.25, -0.2) is 0 Å². The number of likely N-dealkylation sites (tertiary alicyclic amines) is 1. The van der Waals surface area contributed by atoms with E-state index in [0.29, 0.717) is 35.4 Å². The van der Waals surface area contributed by atoms with Crippen molar-refractivity contribution in [3.8, 4) is 5.75 Å². The van der Waals surface area contributed by atoms with Gasteiger partial charge in [0.05, 0.1) is 7.11 Å². The van der Waals surface area contributed by atoms with Crippen LogP contribution in [0.25, 0.3) is 21.9 Å². The predicted molar refractivity (Wildman–Crippen MR) is 114 cm³/mol. The van der Waals surface area contributed by atoms with Crippen molar-refractivity contribution in [1.29, 1.82) is 0 Å². The summed E-state index contributed by atoms with van der Waals surface area (Å²) in [7, 11) is 1.68. The van der Waals surface area contributed by atoms with E-state index in [1.165, 1.54) is 10.9 Å². The number of halogens is 1. The van der Waals surface area contributed by atoms with Crippen LogP contribution in [0.4, 0.5) is 0 Å². The van der Waals surface area contributed by atoms with E-state index in [4.69, 9.17) is 20.8 Å². The Balaban J connectivity index is 1.32. The van der Waals surface area contributed by atoms with Crippen LogP contribution in [-0.4, -0.2) is 36.0 Å². The van der Waals surface area contributed by atoms with Crippen molar-refractivity contribution < 1.29 is 13.9 Å². The number of H-pyrrole nitrogens is 1. The summed E-state index contributed by atoms with van der Waals surface area (Å²) in [6.45, 7) is 1.41. The minimum atomic E-state index is -0.0589. The number of amides is 1. The van der Waals surface area contributed by atoms with Gasteiger partial charge >= 0.3 is 0 Å². The summed E-state index contributed by atoms with van der Waals surface area (Å²) in [5.41, 5.74) is 3.09. The monoisotopic (exact) mass is 408 g/mol. The largest absolute Gasteiger partial charge is 0.497 e. The second kappa shape index (κ2) is 7.16. The molecule has 0 aliphatic carbocycles. The van der Waals surface area contributed by atoms with Gasteiger partial charge in [0.2, 0.25) is 0 Å². The summed E-state index contributed by atoms with van der Waals surface area (Å²) < 4.78 is 11.1. The Bertz CT molecular complexity index is 1200. The van der Waals surface area contributed by atoms with Gasteiger partial charge < -0.3 is 19.0 Å². The van der Waals surface area contributed by atoms with Crippen LogP contribution in [0.1, 0.15) is 34.9 Å². The lowest BCUT2D eigenvalue weighted by Crippen LogP contribution is -2.37. The Kier molecular flexibility index (Phi) is 4.47. The number of hydrogen-bond donors (Lipinski definition) is 1. The fourth-order valence-electron chi connectivity index (χ4n) is 4.26. The lowest BCUT2D eigenvalue weighted by molar-refractivity contribution is 0.0683. The number of nitrogens with one attached hydrogen (secondary N) is 1. The quantitative estimate of drug-likeness (QED) is 0.480. The Labute approximate surface area is 173 Å². The Morgan fingerprint density at radius 1 is 1.17 bits per heavy atom. The van der Waals surface area contributed by atoms with Gasteiger partial charge in [-0.15, -0.1) is 0 Å². The average Bonchev–Trinajstić information content (AvgIpc) is 3.36. The third-order valence-corrected chi connectivity index (χ3v) is 6.07. The van der Waals surface area contributed by atoms with Crippen molar-refractivity contribution in [3.63, 3.8) is 0 Å². The fourth-order valence-corrected chi connectivity index (χ4v) is 4.44. The number of carbonyl (C=O) groups is 1. The highest BCUT2D eigenvalue weighted by Gasteiger charge is 2.27. The lowest BCUT2D eigenvalue weighted by Gasteiger charge is -2.31. The summed E-state index contributed by atoms with van der Waals surface area (Å²) in [5.74, 6) is 1.58. The Morgan fingerprint density at radius 2 is 2.00 bits per heavy atom. The number of fused-ring (bicyclic) bond motifs is 2. The maximum absolute atomic E-state index is 12.9. The summed E-state index contributed by atoms with van der Waals surface area (Å²) in [6.07, 6.45) is 3.93. The van der Waals surface area contributed by atoms with Crippen LogP contribution in [0, 0.1) is 0 Å². The van der Waals surface area contributed by atoms with Gasteiger partial charge in [-0.3, -0.25) is 4.79 Å². The number of nitrogens with zero attached hydrogens (tertiary/aromatic N) is 1. The fraction of sp³-hybridized carbons (Fsp3) is 0.261. The molecule has 0 unspecified atom stereocenters. The average molecular weight is 409 g/mol. The maximum atomic E-state index is 12.9. The third-order valence-electron chi connectivity index (χ3n) is 5.83. The number of aromatic amines is 1. The molecular formula is C23H21ClN2O3. The number of rotatable bonds is 3. The van der Waals surface area contributed by atoms with Crippen LogP contribution >= 0.6 is 11.6 Å². The van der Waals surface area contributed by atoms with Crippen LogP contribution in [-0.2, 0) is 0 Å². The number of ether oxygens (including phenoxy) is 1. The molecule has 1 aliphatic heterocycles.